The molecule has 1 aliphatic carbocycles. The second-order valence-electron chi connectivity index (χ2n) is 4.64. The molecule has 0 bridgehead atoms. The molecule has 21 heavy (non-hydrogen) atoms. The molecule has 8 heteroatoms. The monoisotopic (exact) mass is 349 g/mol. The summed E-state index contributed by atoms with van der Waals surface area (Å²) in [5.41, 5.74) is -0.412. The van der Waals surface area contributed by atoms with Crippen molar-refractivity contribution >= 4 is 39.2 Å². The standard InChI is InChI=1S/C13H13Cl2NO4S/c14-9-6-7-10(12(15)11(9)13(17)18)21(19,20)16-8-4-2-1-3-5-8/h1-2,6-8,16H,3-5H2,(H,17,18). The molecule has 2 rings (SSSR count). The van der Waals surface area contributed by atoms with Crippen molar-refractivity contribution in [2.45, 2.75) is 30.2 Å². The minimum absolute atomic E-state index is 0.105. The van der Waals surface area contributed by atoms with Gasteiger partial charge in [-0.1, -0.05) is 35.4 Å². The lowest BCUT2D eigenvalue weighted by molar-refractivity contribution is 0.0697. The van der Waals surface area contributed by atoms with Gasteiger partial charge in [-0.05, 0) is 31.4 Å². The Hall–Kier alpha value is -1.08. The summed E-state index contributed by atoms with van der Waals surface area (Å²) in [6.07, 6.45) is 5.97. The molecule has 0 aromatic heterocycles. The van der Waals surface area contributed by atoms with Crippen LogP contribution in [0, 0.1) is 0 Å². The van der Waals surface area contributed by atoms with E-state index in [4.69, 9.17) is 28.3 Å². The third kappa shape index (κ3) is 3.58. The molecule has 0 saturated carbocycles. The fourth-order valence-corrected chi connectivity index (χ4v) is 4.32. The lowest BCUT2D eigenvalue weighted by Crippen LogP contribution is -2.35. The summed E-state index contributed by atoms with van der Waals surface area (Å²) in [7, 11) is -3.90. The summed E-state index contributed by atoms with van der Waals surface area (Å²) in [4.78, 5) is 10.8. The first kappa shape index (κ1) is 16.3. The number of aromatic carboxylic acids is 1. The molecule has 0 saturated heterocycles. The maximum Gasteiger partial charge on any atom is 0.338 e. The molecule has 0 amide bonds. The Morgan fingerprint density at radius 1 is 1.29 bits per heavy atom. The molecule has 1 aromatic carbocycles. The van der Waals surface area contributed by atoms with E-state index in [1.165, 1.54) is 12.1 Å². The molecule has 0 heterocycles. The Morgan fingerprint density at radius 3 is 2.57 bits per heavy atom. The smallest absolute Gasteiger partial charge is 0.338 e. The van der Waals surface area contributed by atoms with Crippen molar-refractivity contribution in [3.63, 3.8) is 0 Å². The highest BCUT2D eigenvalue weighted by atomic mass is 35.5. The number of rotatable bonds is 4. The number of nitrogens with one attached hydrogen (secondary N) is 1. The summed E-state index contributed by atoms with van der Waals surface area (Å²) in [5.74, 6) is -1.37. The minimum Gasteiger partial charge on any atom is -0.478 e. The predicted molar refractivity (Wildman–Crippen MR) is 80.5 cm³/mol. The number of allylic oxidation sites excluding steroid dienone is 1. The lowest BCUT2D eigenvalue weighted by Gasteiger charge is -2.20. The van der Waals surface area contributed by atoms with Crippen LogP contribution in [0.2, 0.25) is 10.0 Å². The van der Waals surface area contributed by atoms with Gasteiger partial charge >= 0.3 is 5.97 Å². The van der Waals surface area contributed by atoms with Gasteiger partial charge in [-0.15, -0.1) is 0 Å². The quantitative estimate of drug-likeness (QED) is 0.818. The fourth-order valence-electron chi connectivity index (χ4n) is 2.12. The number of halogens is 2. The molecule has 1 unspecified atom stereocenters. The summed E-state index contributed by atoms with van der Waals surface area (Å²) < 4.78 is 27.2. The van der Waals surface area contributed by atoms with Gasteiger partial charge < -0.3 is 5.11 Å². The largest absolute Gasteiger partial charge is 0.478 e. The Balaban J connectivity index is 2.38. The highest BCUT2D eigenvalue weighted by Gasteiger charge is 2.26. The van der Waals surface area contributed by atoms with Gasteiger partial charge in [-0.2, -0.15) is 0 Å². The number of carboxylic acid groups (broad SMARTS) is 1. The zero-order valence-electron chi connectivity index (χ0n) is 10.8. The number of benzene rings is 1. The number of hydrogen-bond acceptors (Lipinski definition) is 3. The molecule has 2 N–H and O–H groups in total. The number of hydrogen-bond donors (Lipinski definition) is 2. The molecule has 1 aliphatic rings. The van der Waals surface area contributed by atoms with Gasteiger partial charge in [0.25, 0.3) is 0 Å². The topological polar surface area (TPSA) is 83.5 Å². The molecular weight excluding hydrogens is 337 g/mol. The van der Waals surface area contributed by atoms with Crippen LogP contribution in [-0.4, -0.2) is 25.5 Å². The maximum absolute atomic E-state index is 12.4. The third-order valence-corrected chi connectivity index (χ3v) is 5.53. The minimum atomic E-state index is -3.90. The van der Waals surface area contributed by atoms with E-state index in [0.717, 1.165) is 6.42 Å². The van der Waals surface area contributed by atoms with Crippen LogP contribution in [-0.2, 0) is 10.0 Å². The summed E-state index contributed by atoms with van der Waals surface area (Å²) in [5, 5.41) is 8.58. The normalized spacial score (nSPS) is 18.7. The van der Waals surface area contributed by atoms with Crippen LogP contribution in [0.15, 0.2) is 29.2 Å². The number of carboxylic acids is 1. The van der Waals surface area contributed by atoms with Crippen LogP contribution in [0.5, 0.6) is 0 Å². The van der Waals surface area contributed by atoms with E-state index in [1.54, 1.807) is 0 Å². The van der Waals surface area contributed by atoms with E-state index in [-0.39, 0.29) is 21.0 Å². The van der Waals surface area contributed by atoms with Crippen LogP contribution in [0.3, 0.4) is 0 Å². The van der Waals surface area contributed by atoms with Crippen molar-refractivity contribution in [3.8, 4) is 0 Å². The molecular formula is C13H13Cl2NO4S. The highest BCUT2D eigenvalue weighted by Crippen LogP contribution is 2.31. The molecule has 1 atom stereocenters. The first-order valence-electron chi connectivity index (χ1n) is 6.21. The molecule has 1 aromatic rings. The van der Waals surface area contributed by atoms with Gasteiger partial charge in [0.2, 0.25) is 10.0 Å². The molecule has 0 spiro atoms. The fraction of sp³-hybridized carbons (Fsp3) is 0.308. The Labute approximate surface area is 132 Å². The number of sulfonamides is 1. The van der Waals surface area contributed by atoms with Gasteiger partial charge in [0.1, 0.15) is 4.90 Å². The van der Waals surface area contributed by atoms with Crippen LogP contribution in [0.25, 0.3) is 0 Å². The average molecular weight is 350 g/mol. The second kappa shape index (κ2) is 6.36. The van der Waals surface area contributed by atoms with Crippen molar-refractivity contribution in [2.75, 3.05) is 0 Å². The first-order chi connectivity index (χ1) is 9.83. The summed E-state index contributed by atoms with van der Waals surface area (Å²) in [6, 6.07) is 2.20. The first-order valence-corrected chi connectivity index (χ1v) is 8.45. The van der Waals surface area contributed by atoms with Crippen LogP contribution < -0.4 is 4.72 Å². The van der Waals surface area contributed by atoms with Crippen molar-refractivity contribution in [1.82, 2.24) is 4.72 Å². The van der Waals surface area contributed by atoms with E-state index in [0.29, 0.717) is 12.8 Å². The van der Waals surface area contributed by atoms with Gasteiger partial charge in [0.15, 0.2) is 0 Å². The zero-order chi connectivity index (χ0) is 15.6. The average Bonchev–Trinajstić information content (AvgIpc) is 2.38. The SMILES string of the molecule is O=C(O)c1c(Cl)ccc(S(=O)(=O)NC2CC=CCC2)c1Cl. The molecule has 0 radical (unpaired) electrons. The third-order valence-electron chi connectivity index (χ3n) is 3.15. The second-order valence-corrected chi connectivity index (χ2v) is 7.11. The van der Waals surface area contributed by atoms with E-state index < -0.39 is 21.6 Å². The highest BCUT2D eigenvalue weighted by molar-refractivity contribution is 7.89. The number of carbonyl (C=O) groups is 1. The Kier molecular flexibility index (Phi) is 4.93. The van der Waals surface area contributed by atoms with E-state index in [1.807, 2.05) is 12.2 Å². The molecule has 5 nitrogen and oxygen atoms in total. The van der Waals surface area contributed by atoms with E-state index >= 15 is 0 Å². The van der Waals surface area contributed by atoms with Crippen LogP contribution >= 0.6 is 23.2 Å². The summed E-state index contributed by atoms with van der Waals surface area (Å²) in [6.45, 7) is 0. The Morgan fingerprint density at radius 2 is 2.00 bits per heavy atom. The van der Waals surface area contributed by atoms with E-state index in [2.05, 4.69) is 4.72 Å². The summed E-state index contributed by atoms with van der Waals surface area (Å²) >= 11 is 11.7. The van der Waals surface area contributed by atoms with Gasteiger partial charge in [-0.25, -0.2) is 17.9 Å². The van der Waals surface area contributed by atoms with Crippen LogP contribution in [0.4, 0.5) is 0 Å². The van der Waals surface area contributed by atoms with E-state index in [9.17, 15) is 13.2 Å². The molecule has 0 aliphatic heterocycles. The van der Waals surface area contributed by atoms with Gasteiger partial charge in [-0.3, -0.25) is 0 Å². The molecule has 114 valence electrons. The predicted octanol–water partition coefficient (Wildman–Crippen LogP) is 3.08. The van der Waals surface area contributed by atoms with Gasteiger partial charge in [0, 0.05) is 6.04 Å². The van der Waals surface area contributed by atoms with Crippen molar-refractivity contribution in [3.05, 3.63) is 39.9 Å². The van der Waals surface area contributed by atoms with Crippen molar-refractivity contribution < 1.29 is 18.3 Å². The van der Waals surface area contributed by atoms with Crippen LogP contribution in [0.1, 0.15) is 29.6 Å². The Bertz CT molecular complexity index is 700. The van der Waals surface area contributed by atoms with Crippen molar-refractivity contribution in [1.29, 1.82) is 0 Å². The van der Waals surface area contributed by atoms with Gasteiger partial charge in [0.05, 0.1) is 15.6 Å². The van der Waals surface area contributed by atoms with Crippen molar-refractivity contribution in [2.24, 2.45) is 0 Å². The maximum atomic E-state index is 12.4. The lowest BCUT2D eigenvalue weighted by atomic mass is 10.0. The zero-order valence-corrected chi connectivity index (χ0v) is 13.2. The molecule has 0 fully saturated rings.